The summed E-state index contributed by atoms with van der Waals surface area (Å²) in [6.07, 6.45) is 0.742. The van der Waals surface area contributed by atoms with Crippen molar-refractivity contribution < 1.29 is 22.7 Å². The van der Waals surface area contributed by atoms with Crippen molar-refractivity contribution in [2.45, 2.75) is 25.6 Å². The van der Waals surface area contributed by atoms with Crippen LogP contribution in [0, 0.1) is 5.92 Å². The molecule has 3 aromatic rings. The molecule has 1 fully saturated rings. The topological polar surface area (TPSA) is 42.4 Å². The van der Waals surface area contributed by atoms with E-state index in [-0.39, 0.29) is 17.6 Å². The Morgan fingerprint density at radius 3 is 2.43 bits per heavy atom. The van der Waals surface area contributed by atoms with Gasteiger partial charge in [0.1, 0.15) is 11.5 Å². The van der Waals surface area contributed by atoms with Crippen molar-refractivity contribution in [3.05, 3.63) is 84.2 Å². The first-order chi connectivity index (χ1) is 14.4. The maximum Gasteiger partial charge on any atom is 0.416 e. The molecule has 0 N–H and O–H groups in total. The number of nitrogens with zero attached hydrogens (tertiary/aromatic N) is 2. The maximum atomic E-state index is 12.9. The van der Waals surface area contributed by atoms with Crippen LogP contribution in [0.5, 0.6) is 11.5 Å². The molecule has 0 atom stereocenters. The zero-order chi connectivity index (χ0) is 21.1. The van der Waals surface area contributed by atoms with E-state index in [1.807, 2.05) is 12.1 Å². The molecule has 30 heavy (non-hydrogen) atoms. The fourth-order valence-electron chi connectivity index (χ4n) is 3.09. The minimum Gasteiger partial charge on any atom is -0.457 e. The number of carbonyl (C=O) groups is 1. The summed E-state index contributed by atoms with van der Waals surface area (Å²) in [5.41, 5.74) is 0.845. The van der Waals surface area contributed by atoms with E-state index in [1.54, 1.807) is 41.6 Å². The Balaban J connectivity index is 1.52. The smallest absolute Gasteiger partial charge is 0.416 e. The summed E-state index contributed by atoms with van der Waals surface area (Å²) in [6.45, 7) is 0.400. The van der Waals surface area contributed by atoms with Gasteiger partial charge in [-0.1, -0.05) is 12.1 Å². The molecule has 0 aliphatic heterocycles. The summed E-state index contributed by atoms with van der Waals surface area (Å²) in [6, 6.07) is 15.2. The van der Waals surface area contributed by atoms with Gasteiger partial charge in [-0.2, -0.15) is 13.2 Å². The van der Waals surface area contributed by atoms with Crippen LogP contribution in [0.3, 0.4) is 0 Å². The highest BCUT2D eigenvalue weighted by molar-refractivity contribution is 5.96. The predicted octanol–water partition coefficient (Wildman–Crippen LogP) is 5.84. The Morgan fingerprint density at radius 2 is 1.80 bits per heavy atom. The molecule has 2 aromatic carbocycles. The molecule has 7 heteroatoms. The van der Waals surface area contributed by atoms with Crippen LogP contribution >= 0.6 is 0 Å². The van der Waals surface area contributed by atoms with Crippen molar-refractivity contribution in [2.24, 2.45) is 5.92 Å². The summed E-state index contributed by atoms with van der Waals surface area (Å²) in [7, 11) is 0. The molecule has 1 aromatic heterocycles. The summed E-state index contributed by atoms with van der Waals surface area (Å²) in [4.78, 5) is 18.6. The highest BCUT2D eigenvalue weighted by Gasteiger charge is 2.34. The number of pyridine rings is 1. The number of anilines is 1. The van der Waals surface area contributed by atoms with E-state index in [2.05, 4.69) is 4.98 Å². The quantitative estimate of drug-likeness (QED) is 0.511. The summed E-state index contributed by atoms with van der Waals surface area (Å²) < 4.78 is 44.2. The molecule has 0 spiro atoms. The van der Waals surface area contributed by atoms with Crippen LogP contribution in [0.2, 0.25) is 0 Å². The molecule has 0 unspecified atom stereocenters. The average Bonchev–Trinajstić information content (AvgIpc) is 3.58. The van der Waals surface area contributed by atoms with Gasteiger partial charge in [-0.25, -0.2) is 0 Å². The van der Waals surface area contributed by atoms with E-state index in [0.29, 0.717) is 18.0 Å². The molecule has 1 heterocycles. The monoisotopic (exact) mass is 412 g/mol. The number of ether oxygens (including phenoxy) is 1. The van der Waals surface area contributed by atoms with Gasteiger partial charge in [-0.3, -0.25) is 9.78 Å². The zero-order valence-electron chi connectivity index (χ0n) is 16.0. The number of hydrogen-bond acceptors (Lipinski definition) is 3. The Morgan fingerprint density at radius 1 is 1.03 bits per heavy atom. The normalized spacial score (nSPS) is 13.7. The molecule has 0 radical (unpaired) electrons. The van der Waals surface area contributed by atoms with Gasteiger partial charge in [-0.15, -0.1) is 0 Å². The molecular weight excluding hydrogens is 393 g/mol. The molecule has 1 aliphatic carbocycles. The van der Waals surface area contributed by atoms with Crippen molar-refractivity contribution in [1.82, 2.24) is 4.98 Å². The van der Waals surface area contributed by atoms with Gasteiger partial charge in [0.15, 0.2) is 0 Å². The molecule has 4 rings (SSSR count). The lowest BCUT2D eigenvalue weighted by molar-refractivity contribution is -0.137. The second kappa shape index (κ2) is 8.18. The van der Waals surface area contributed by atoms with Crippen molar-refractivity contribution in [2.75, 3.05) is 4.90 Å². The number of carbonyl (C=O) groups excluding carboxylic acids is 1. The SMILES string of the molecule is O=C(C1CC1)N(Cc1cccnc1)c1ccc(Oc2cccc(C(F)(F)F)c2)cc1. The Labute approximate surface area is 171 Å². The molecule has 1 saturated carbocycles. The van der Waals surface area contributed by atoms with Crippen molar-refractivity contribution >= 4 is 11.6 Å². The number of benzene rings is 2. The zero-order valence-corrected chi connectivity index (χ0v) is 16.0. The molecule has 0 bridgehead atoms. The first kappa shape index (κ1) is 19.9. The first-order valence-corrected chi connectivity index (χ1v) is 9.55. The highest BCUT2D eigenvalue weighted by atomic mass is 19.4. The van der Waals surface area contributed by atoms with E-state index in [9.17, 15) is 18.0 Å². The van der Waals surface area contributed by atoms with Gasteiger partial charge in [0.2, 0.25) is 5.91 Å². The van der Waals surface area contributed by atoms with E-state index in [1.165, 1.54) is 12.1 Å². The van der Waals surface area contributed by atoms with Gasteiger partial charge in [-0.05, 0) is 66.9 Å². The fraction of sp³-hybridized carbons (Fsp3) is 0.217. The van der Waals surface area contributed by atoms with Crippen LogP contribution in [0.15, 0.2) is 73.1 Å². The van der Waals surface area contributed by atoms with E-state index in [0.717, 1.165) is 30.5 Å². The molecule has 1 amide bonds. The number of hydrogen-bond donors (Lipinski definition) is 0. The minimum atomic E-state index is -4.43. The van der Waals surface area contributed by atoms with Crippen molar-refractivity contribution in [3.63, 3.8) is 0 Å². The van der Waals surface area contributed by atoms with Crippen molar-refractivity contribution in [3.8, 4) is 11.5 Å². The van der Waals surface area contributed by atoms with E-state index < -0.39 is 11.7 Å². The number of amides is 1. The van der Waals surface area contributed by atoms with E-state index in [4.69, 9.17) is 4.74 Å². The van der Waals surface area contributed by atoms with Gasteiger partial charge in [0.05, 0.1) is 12.1 Å². The maximum absolute atomic E-state index is 12.9. The third kappa shape index (κ3) is 4.79. The number of alkyl halides is 3. The summed E-state index contributed by atoms with van der Waals surface area (Å²) in [5.74, 6) is 0.588. The lowest BCUT2D eigenvalue weighted by Crippen LogP contribution is -2.31. The standard InChI is InChI=1S/C23H19F3N2O2/c24-23(25,26)18-4-1-5-21(13-18)30-20-10-8-19(9-11-20)28(22(29)17-6-7-17)15-16-3-2-12-27-14-16/h1-5,8-14,17H,6-7,15H2. The highest BCUT2D eigenvalue weighted by Crippen LogP contribution is 2.35. The van der Waals surface area contributed by atoms with Crippen LogP contribution < -0.4 is 9.64 Å². The fourth-order valence-corrected chi connectivity index (χ4v) is 3.09. The first-order valence-electron chi connectivity index (χ1n) is 9.55. The lowest BCUT2D eigenvalue weighted by atomic mass is 10.2. The van der Waals surface area contributed by atoms with Gasteiger partial charge in [0.25, 0.3) is 0 Å². The van der Waals surface area contributed by atoms with Crippen LogP contribution in [0.4, 0.5) is 18.9 Å². The number of halogens is 3. The van der Waals surface area contributed by atoms with E-state index >= 15 is 0 Å². The van der Waals surface area contributed by atoms with Crippen LogP contribution in [-0.2, 0) is 17.5 Å². The van der Waals surface area contributed by atoms with Crippen LogP contribution in [0.1, 0.15) is 24.0 Å². The van der Waals surface area contributed by atoms with Gasteiger partial charge < -0.3 is 9.64 Å². The second-order valence-electron chi connectivity index (χ2n) is 7.18. The minimum absolute atomic E-state index is 0.0442. The number of aromatic nitrogens is 1. The predicted molar refractivity (Wildman–Crippen MR) is 106 cm³/mol. The lowest BCUT2D eigenvalue weighted by Gasteiger charge is -2.23. The van der Waals surface area contributed by atoms with Crippen LogP contribution in [0.25, 0.3) is 0 Å². The third-order valence-electron chi connectivity index (χ3n) is 4.80. The second-order valence-corrected chi connectivity index (χ2v) is 7.18. The molecule has 0 saturated heterocycles. The Kier molecular flexibility index (Phi) is 5.44. The van der Waals surface area contributed by atoms with Crippen molar-refractivity contribution in [1.29, 1.82) is 0 Å². The molecule has 154 valence electrons. The molecular formula is C23H19F3N2O2. The Hall–Kier alpha value is -3.35. The third-order valence-corrected chi connectivity index (χ3v) is 4.80. The molecule has 4 nitrogen and oxygen atoms in total. The number of rotatable bonds is 6. The molecule has 1 aliphatic rings. The Bertz CT molecular complexity index is 1020. The average molecular weight is 412 g/mol. The summed E-state index contributed by atoms with van der Waals surface area (Å²) in [5, 5.41) is 0. The largest absolute Gasteiger partial charge is 0.457 e. The summed E-state index contributed by atoms with van der Waals surface area (Å²) >= 11 is 0. The van der Waals surface area contributed by atoms with Gasteiger partial charge >= 0.3 is 6.18 Å². The van der Waals surface area contributed by atoms with Crippen LogP contribution in [-0.4, -0.2) is 10.9 Å². The van der Waals surface area contributed by atoms with Gasteiger partial charge in [0, 0.05) is 24.0 Å².